The van der Waals surface area contributed by atoms with Crippen molar-refractivity contribution in [1.29, 1.82) is 0 Å². The molecule has 70 valence electrons. The van der Waals surface area contributed by atoms with E-state index >= 15 is 0 Å². The lowest BCUT2D eigenvalue weighted by Gasteiger charge is -2.37. The SMILES string of the molecule is c1cc2n(c1)CCNC2C1COC1. The van der Waals surface area contributed by atoms with Gasteiger partial charge in [-0.1, -0.05) is 0 Å². The summed E-state index contributed by atoms with van der Waals surface area (Å²) in [5.41, 5.74) is 1.43. The van der Waals surface area contributed by atoms with Crippen molar-refractivity contribution >= 4 is 0 Å². The lowest BCUT2D eigenvalue weighted by molar-refractivity contribution is -0.0532. The molecule has 3 nitrogen and oxygen atoms in total. The molecule has 0 radical (unpaired) electrons. The molecular formula is C10H14N2O. The molecule has 0 saturated carbocycles. The molecule has 1 N–H and O–H groups in total. The Kier molecular flexibility index (Phi) is 1.67. The van der Waals surface area contributed by atoms with Crippen LogP contribution in [0.1, 0.15) is 11.7 Å². The van der Waals surface area contributed by atoms with E-state index in [1.54, 1.807) is 0 Å². The molecule has 0 amide bonds. The zero-order chi connectivity index (χ0) is 8.67. The fraction of sp³-hybridized carbons (Fsp3) is 0.600. The fourth-order valence-corrected chi connectivity index (χ4v) is 2.21. The highest BCUT2D eigenvalue weighted by Crippen LogP contribution is 2.29. The average molecular weight is 178 g/mol. The number of aromatic nitrogens is 1. The van der Waals surface area contributed by atoms with Gasteiger partial charge in [-0.05, 0) is 12.1 Å². The molecule has 0 aromatic carbocycles. The summed E-state index contributed by atoms with van der Waals surface area (Å²) in [5, 5.41) is 3.56. The Hall–Kier alpha value is -0.800. The second-order valence-electron chi connectivity index (χ2n) is 3.86. The first-order valence-corrected chi connectivity index (χ1v) is 4.91. The first kappa shape index (κ1) is 7.59. The first-order chi connectivity index (χ1) is 6.45. The average Bonchev–Trinajstić information content (AvgIpc) is 2.49. The monoisotopic (exact) mass is 178 g/mol. The van der Waals surface area contributed by atoms with Crippen molar-refractivity contribution in [2.24, 2.45) is 5.92 Å². The zero-order valence-electron chi connectivity index (χ0n) is 7.57. The summed E-state index contributed by atoms with van der Waals surface area (Å²) in [7, 11) is 0. The normalized spacial score (nSPS) is 28.2. The fourth-order valence-electron chi connectivity index (χ4n) is 2.21. The topological polar surface area (TPSA) is 26.2 Å². The molecular weight excluding hydrogens is 164 g/mol. The molecule has 2 aliphatic rings. The van der Waals surface area contributed by atoms with Gasteiger partial charge in [-0.3, -0.25) is 0 Å². The summed E-state index contributed by atoms with van der Waals surface area (Å²) >= 11 is 0. The molecule has 3 rings (SSSR count). The van der Waals surface area contributed by atoms with Crippen LogP contribution in [0.15, 0.2) is 18.3 Å². The summed E-state index contributed by atoms with van der Waals surface area (Å²) in [5.74, 6) is 0.689. The largest absolute Gasteiger partial charge is 0.381 e. The predicted molar refractivity (Wildman–Crippen MR) is 49.5 cm³/mol. The van der Waals surface area contributed by atoms with Crippen molar-refractivity contribution in [2.75, 3.05) is 19.8 Å². The quantitative estimate of drug-likeness (QED) is 0.687. The van der Waals surface area contributed by atoms with Gasteiger partial charge in [0.05, 0.1) is 19.3 Å². The van der Waals surface area contributed by atoms with Gasteiger partial charge in [-0.25, -0.2) is 0 Å². The molecule has 1 saturated heterocycles. The number of hydrogen-bond acceptors (Lipinski definition) is 2. The minimum absolute atomic E-state index is 0.525. The lowest BCUT2D eigenvalue weighted by atomic mass is 9.94. The van der Waals surface area contributed by atoms with Crippen molar-refractivity contribution in [2.45, 2.75) is 12.6 Å². The molecule has 1 fully saturated rings. The van der Waals surface area contributed by atoms with Gasteiger partial charge in [-0.2, -0.15) is 0 Å². The number of rotatable bonds is 1. The summed E-state index contributed by atoms with van der Waals surface area (Å²) in [6.45, 7) is 4.03. The van der Waals surface area contributed by atoms with Crippen LogP contribution in [0.2, 0.25) is 0 Å². The molecule has 2 aliphatic heterocycles. The maximum atomic E-state index is 5.23. The Balaban J connectivity index is 1.90. The summed E-state index contributed by atoms with van der Waals surface area (Å²) in [6, 6.07) is 4.88. The van der Waals surface area contributed by atoms with E-state index in [-0.39, 0.29) is 0 Å². The van der Waals surface area contributed by atoms with E-state index in [4.69, 9.17) is 4.74 Å². The van der Waals surface area contributed by atoms with E-state index in [1.165, 1.54) is 5.69 Å². The van der Waals surface area contributed by atoms with Crippen LogP contribution in [-0.4, -0.2) is 24.3 Å². The Labute approximate surface area is 77.7 Å². The van der Waals surface area contributed by atoms with Crippen LogP contribution in [0.4, 0.5) is 0 Å². The molecule has 1 unspecified atom stereocenters. The zero-order valence-corrected chi connectivity index (χ0v) is 7.57. The Morgan fingerprint density at radius 1 is 1.46 bits per heavy atom. The third kappa shape index (κ3) is 1.11. The van der Waals surface area contributed by atoms with E-state index in [0.29, 0.717) is 12.0 Å². The van der Waals surface area contributed by atoms with Gasteiger partial charge >= 0.3 is 0 Å². The van der Waals surface area contributed by atoms with Crippen LogP contribution in [-0.2, 0) is 11.3 Å². The number of nitrogens with one attached hydrogen (secondary N) is 1. The van der Waals surface area contributed by atoms with Crippen LogP contribution in [0.25, 0.3) is 0 Å². The molecule has 1 aromatic rings. The Bertz CT molecular complexity index is 304. The van der Waals surface area contributed by atoms with E-state index in [0.717, 1.165) is 26.3 Å². The molecule has 0 aliphatic carbocycles. The van der Waals surface area contributed by atoms with E-state index in [9.17, 15) is 0 Å². The number of ether oxygens (including phenoxy) is 1. The van der Waals surface area contributed by atoms with E-state index in [2.05, 4.69) is 28.2 Å². The van der Waals surface area contributed by atoms with Crippen molar-refractivity contribution < 1.29 is 4.74 Å². The van der Waals surface area contributed by atoms with Gasteiger partial charge in [0.1, 0.15) is 0 Å². The van der Waals surface area contributed by atoms with Crippen LogP contribution in [0, 0.1) is 5.92 Å². The molecule has 3 heterocycles. The van der Waals surface area contributed by atoms with Gasteiger partial charge in [-0.15, -0.1) is 0 Å². The highest BCUT2D eigenvalue weighted by atomic mass is 16.5. The lowest BCUT2D eigenvalue weighted by Crippen LogP contribution is -2.44. The molecule has 13 heavy (non-hydrogen) atoms. The Morgan fingerprint density at radius 3 is 3.15 bits per heavy atom. The predicted octanol–water partition coefficient (Wildman–Crippen LogP) is 0.779. The van der Waals surface area contributed by atoms with Crippen LogP contribution < -0.4 is 5.32 Å². The molecule has 0 spiro atoms. The van der Waals surface area contributed by atoms with Crippen LogP contribution in [0.3, 0.4) is 0 Å². The van der Waals surface area contributed by atoms with E-state index in [1.807, 2.05) is 0 Å². The van der Waals surface area contributed by atoms with Crippen molar-refractivity contribution in [1.82, 2.24) is 9.88 Å². The minimum atomic E-state index is 0.525. The number of fused-ring (bicyclic) bond motifs is 1. The first-order valence-electron chi connectivity index (χ1n) is 4.91. The van der Waals surface area contributed by atoms with Gasteiger partial charge in [0.25, 0.3) is 0 Å². The molecule has 1 atom stereocenters. The molecule has 0 bridgehead atoms. The summed E-state index contributed by atoms with van der Waals surface area (Å²) in [4.78, 5) is 0. The maximum absolute atomic E-state index is 5.23. The maximum Gasteiger partial charge on any atom is 0.0548 e. The number of nitrogens with zero attached hydrogens (tertiary/aromatic N) is 1. The summed E-state index contributed by atoms with van der Waals surface area (Å²) in [6.07, 6.45) is 2.17. The van der Waals surface area contributed by atoms with Gasteiger partial charge < -0.3 is 14.6 Å². The third-order valence-corrected chi connectivity index (χ3v) is 3.04. The van der Waals surface area contributed by atoms with Gasteiger partial charge in [0.2, 0.25) is 0 Å². The van der Waals surface area contributed by atoms with Gasteiger partial charge in [0.15, 0.2) is 0 Å². The second-order valence-corrected chi connectivity index (χ2v) is 3.86. The van der Waals surface area contributed by atoms with Crippen molar-refractivity contribution in [3.63, 3.8) is 0 Å². The number of hydrogen-bond donors (Lipinski definition) is 1. The highest BCUT2D eigenvalue weighted by Gasteiger charge is 2.32. The van der Waals surface area contributed by atoms with Crippen molar-refractivity contribution in [3.05, 3.63) is 24.0 Å². The molecule has 1 aromatic heterocycles. The second kappa shape index (κ2) is 2.86. The Morgan fingerprint density at radius 2 is 2.38 bits per heavy atom. The van der Waals surface area contributed by atoms with Crippen LogP contribution in [0.5, 0.6) is 0 Å². The summed E-state index contributed by atoms with van der Waals surface area (Å²) < 4.78 is 7.58. The van der Waals surface area contributed by atoms with Crippen molar-refractivity contribution in [3.8, 4) is 0 Å². The smallest absolute Gasteiger partial charge is 0.0548 e. The van der Waals surface area contributed by atoms with E-state index < -0.39 is 0 Å². The minimum Gasteiger partial charge on any atom is -0.381 e. The van der Waals surface area contributed by atoms with Crippen LogP contribution >= 0.6 is 0 Å². The van der Waals surface area contributed by atoms with Gasteiger partial charge in [0, 0.05) is 30.9 Å². The highest BCUT2D eigenvalue weighted by molar-refractivity contribution is 5.16. The molecule has 3 heteroatoms. The third-order valence-electron chi connectivity index (χ3n) is 3.04. The standard InChI is InChI=1S/C10H14N2O/c1-2-9-10(8-6-13-7-8)11-3-5-12(9)4-1/h1-2,4,8,10-11H,3,5-7H2.